The first kappa shape index (κ1) is 32.1. The highest BCUT2D eigenvalue weighted by molar-refractivity contribution is 5.76. The van der Waals surface area contributed by atoms with Crippen molar-refractivity contribution in [1.29, 1.82) is 0 Å². The third-order valence-electron chi connectivity index (χ3n) is 7.98. The molecule has 2 bridgehead atoms. The zero-order valence-electron chi connectivity index (χ0n) is 26.3. The predicted octanol–water partition coefficient (Wildman–Crippen LogP) is 5.73. The average Bonchev–Trinajstić information content (AvgIpc) is 3.49. The maximum Gasteiger partial charge on any atom is 0.416 e. The van der Waals surface area contributed by atoms with Crippen LogP contribution in [0.4, 0.5) is 35.2 Å². The number of hydrogen-bond acceptors (Lipinski definition) is 9. The van der Waals surface area contributed by atoms with Crippen LogP contribution >= 0.6 is 0 Å². The van der Waals surface area contributed by atoms with Gasteiger partial charge >= 0.3 is 12.3 Å². The Morgan fingerprint density at radius 1 is 1.06 bits per heavy atom. The van der Waals surface area contributed by atoms with E-state index in [2.05, 4.69) is 25.8 Å². The van der Waals surface area contributed by atoms with E-state index in [4.69, 9.17) is 9.72 Å². The minimum Gasteiger partial charge on any atom is -0.444 e. The summed E-state index contributed by atoms with van der Waals surface area (Å²) in [7, 11) is 0. The highest BCUT2D eigenvalue weighted by Crippen LogP contribution is 2.41. The molecule has 2 aromatic heterocycles. The van der Waals surface area contributed by atoms with Gasteiger partial charge in [-0.15, -0.1) is 5.10 Å². The predicted molar refractivity (Wildman–Crippen MR) is 172 cm³/mol. The molecule has 11 nitrogen and oxygen atoms in total. The maximum absolute atomic E-state index is 13.4. The molecule has 2 atom stereocenters. The maximum atomic E-state index is 13.4. The second-order valence-corrected chi connectivity index (χ2v) is 12.7. The fourth-order valence-corrected chi connectivity index (χ4v) is 5.90. The molecule has 2 aliphatic heterocycles. The Labute approximate surface area is 270 Å². The van der Waals surface area contributed by atoms with E-state index in [0.717, 1.165) is 42.8 Å². The first-order valence-electron chi connectivity index (χ1n) is 15.5. The van der Waals surface area contributed by atoms with E-state index in [1.165, 1.54) is 6.07 Å². The summed E-state index contributed by atoms with van der Waals surface area (Å²) >= 11 is 0. The van der Waals surface area contributed by atoms with Gasteiger partial charge in [0.05, 0.1) is 35.7 Å². The number of fused-ring (bicyclic) bond motifs is 4. The number of ether oxygens (including phenoxy) is 1. The molecule has 2 aromatic carbocycles. The van der Waals surface area contributed by atoms with Crippen LogP contribution in [0.25, 0.3) is 22.5 Å². The summed E-state index contributed by atoms with van der Waals surface area (Å²) in [6.45, 7) is 7.63. The minimum atomic E-state index is -4.47. The molecule has 6 rings (SSSR count). The number of carbonyl (C=O) groups is 1. The number of benzene rings is 2. The van der Waals surface area contributed by atoms with Crippen LogP contribution in [0.15, 0.2) is 66.9 Å². The van der Waals surface area contributed by atoms with Gasteiger partial charge in [0.2, 0.25) is 6.35 Å². The first-order valence-corrected chi connectivity index (χ1v) is 15.5. The zero-order valence-corrected chi connectivity index (χ0v) is 26.3. The van der Waals surface area contributed by atoms with Crippen LogP contribution < -0.4 is 20.4 Å². The Morgan fingerprint density at radius 3 is 2.60 bits per heavy atom. The van der Waals surface area contributed by atoms with Crippen LogP contribution in [0.3, 0.4) is 0 Å². The van der Waals surface area contributed by atoms with Gasteiger partial charge in [-0.25, -0.2) is 9.78 Å². The highest BCUT2D eigenvalue weighted by atomic mass is 19.4. The Balaban J connectivity index is 1.19. The summed E-state index contributed by atoms with van der Waals surface area (Å²) in [5.41, 5.74) is 2.23. The third-order valence-corrected chi connectivity index (χ3v) is 7.98. The summed E-state index contributed by atoms with van der Waals surface area (Å²) < 4.78 is 47.2. The van der Waals surface area contributed by atoms with Crippen molar-refractivity contribution in [3.63, 3.8) is 0 Å². The van der Waals surface area contributed by atoms with E-state index in [0.29, 0.717) is 48.1 Å². The van der Waals surface area contributed by atoms with Crippen LogP contribution in [-0.4, -0.2) is 68.8 Å². The molecule has 0 radical (unpaired) electrons. The van der Waals surface area contributed by atoms with Gasteiger partial charge in [-0.2, -0.15) is 13.2 Å². The molecule has 2 aliphatic rings. The number of pyridine rings is 1. The lowest BCUT2D eigenvalue weighted by atomic mass is 9.99. The summed E-state index contributed by atoms with van der Waals surface area (Å²) in [6, 6.07) is 16.0. The number of amides is 1. The molecule has 0 saturated carbocycles. The van der Waals surface area contributed by atoms with Crippen molar-refractivity contribution in [2.75, 3.05) is 34.8 Å². The minimum absolute atomic E-state index is 0.0552. The van der Waals surface area contributed by atoms with Crippen LogP contribution in [0, 0.1) is 0 Å². The number of rotatable bonds is 8. The van der Waals surface area contributed by atoms with Crippen molar-refractivity contribution in [2.24, 2.45) is 0 Å². The van der Waals surface area contributed by atoms with Gasteiger partial charge in [-0.05, 0) is 70.0 Å². The second-order valence-electron chi connectivity index (χ2n) is 12.7. The summed E-state index contributed by atoms with van der Waals surface area (Å²) in [6.07, 6.45) is -2.62. The van der Waals surface area contributed by atoms with Gasteiger partial charge < -0.3 is 30.3 Å². The number of piperidine rings is 1. The highest BCUT2D eigenvalue weighted by Gasteiger charge is 2.38. The number of hydrogen-bond donors (Lipinski definition) is 3. The van der Waals surface area contributed by atoms with Crippen molar-refractivity contribution < 1.29 is 27.8 Å². The van der Waals surface area contributed by atoms with E-state index < -0.39 is 29.8 Å². The molecule has 3 N–H and O–H groups in total. The van der Waals surface area contributed by atoms with Crippen molar-refractivity contribution in [2.45, 2.75) is 64.3 Å². The molecule has 1 amide bonds. The van der Waals surface area contributed by atoms with Crippen molar-refractivity contribution >= 4 is 23.3 Å². The molecular formula is C33H37F3N8O3. The fraction of sp³-hybridized carbons (Fsp3) is 0.394. The zero-order chi connectivity index (χ0) is 33.3. The van der Waals surface area contributed by atoms with Gasteiger partial charge in [-0.1, -0.05) is 29.5 Å². The summed E-state index contributed by atoms with van der Waals surface area (Å²) in [5, 5.41) is 25.9. The van der Waals surface area contributed by atoms with E-state index in [9.17, 15) is 23.1 Å². The van der Waals surface area contributed by atoms with E-state index in [1.54, 1.807) is 43.8 Å². The molecule has 0 aliphatic carbocycles. The SMILES string of the molecule is CC(C)(C)OC(=O)NCCn1cc(-c2cccc(NC(O)N3c4nc(-c5cccc(C(F)(F)F)c5)ccc4N4CCC[C@H]3C4)c2)nn1. The fourth-order valence-electron chi connectivity index (χ4n) is 5.90. The monoisotopic (exact) mass is 650 g/mol. The number of nitrogens with one attached hydrogen (secondary N) is 2. The molecule has 47 heavy (non-hydrogen) atoms. The molecule has 4 aromatic rings. The number of carbonyl (C=O) groups excluding carboxylic acids is 1. The van der Waals surface area contributed by atoms with E-state index in [-0.39, 0.29) is 6.04 Å². The number of aliphatic hydroxyl groups is 1. The number of aromatic nitrogens is 4. The van der Waals surface area contributed by atoms with Crippen LogP contribution in [0.5, 0.6) is 0 Å². The smallest absolute Gasteiger partial charge is 0.416 e. The summed E-state index contributed by atoms with van der Waals surface area (Å²) in [5.74, 6) is 0.509. The van der Waals surface area contributed by atoms with Gasteiger partial charge in [0, 0.05) is 36.4 Å². The largest absolute Gasteiger partial charge is 0.444 e. The lowest BCUT2D eigenvalue weighted by Gasteiger charge is -2.48. The van der Waals surface area contributed by atoms with Gasteiger partial charge in [0.1, 0.15) is 11.3 Å². The van der Waals surface area contributed by atoms with Crippen LogP contribution in [-0.2, 0) is 17.5 Å². The van der Waals surface area contributed by atoms with Gasteiger partial charge in [0.15, 0.2) is 5.82 Å². The number of nitrogens with zero attached hydrogens (tertiary/aromatic N) is 6. The molecule has 1 unspecified atom stereocenters. The molecule has 14 heteroatoms. The third kappa shape index (κ3) is 7.43. The van der Waals surface area contributed by atoms with Gasteiger partial charge in [0.25, 0.3) is 0 Å². The molecule has 1 fully saturated rings. The van der Waals surface area contributed by atoms with E-state index >= 15 is 0 Å². The molecular weight excluding hydrogens is 613 g/mol. The van der Waals surface area contributed by atoms with E-state index in [1.807, 2.05) is 35.2 Å². The number of alkyl carbamates (subject to hydrolysis) is 1. The quantitative estimate of drug-likeness (QED) is 0.206. The molecule has 1 saturated heterocycles. The lowest BCUT2D eigenvalue weighted by Crippen LogP contribution is -2.58. The lowest BCUT2D eigenvalue weighted by molar-refractivity contribution is -0.137. The topological polar surface area (TPSA) is 121 Å². The average molecular weight is 651 g/mol. The second kappa shape index (κ2) is 12.7. The Morgan fingerprint density at radius 2 is 1.83 bits per heavy atom. The van der Waals surface area contributed by atoms with Crippen LogP contribution in [0.1, 0.15) is 39.2 Å². The number of anilines is 3. The van der Waals surface area contributed by atoms with Crippen molar-refractivity contribution in [3.8, 4) is 22.5 Å². The Kier molecular flexibility index (Phi) is 8.70. The first-order chi connectivity index (χ1) is 22.3. The Bertz CT molecular complexity index is 1740. The molecule has 0 spiro atoms. The molecule has 4 heterocycles. The standard InChI is InChI=1S/C33H37F3N8O3/c1-32(2,3)47-31(46)37-14-16-43-20-27(40-41-43)22-8-5-10-24(18-22)38-30(45)44-25-11-6-15-42(19-25)28-13-12-26(39-29(28)44)21-7-4-9-23(17-21)33(34,35)36/h4-5,7-10,12-13,17-18,20,25,30,38,45H,6,11,14-16,19H2,1-3H3,(H,37,46)/t25-,30?/m0/s1. The molecule has 248 valence electrons. The Hall–Kier alpha value is -4.85. The van der Waals surface area contributed by atoms with Crippen molar-refractivity contribution in [3.05, 3.63) is 72.4 Å². The normalized spacial score (nSPS) is 16.8. The van der Waals surface area contributed by atoms with Gasteiger partial charge in [-0.3, -0.25) is 4.68 Å². The summed E-state index contributed by atoms with van der Waals surface area (Å²) in [4.78, 5) is 20.8. The number of halogens is 3. The number of aliphatic hydroxyl groups excluding tert-OH is 1. The van der Waals surface area contributed by atoms with Crippen molar-refractivity contribution in [1.82, 2.24) is 25.3 Å². The van der Waals surface area contributed by atoms with Crippen LogP contribution in [0.2, 0.25) is 0 Å². The number of alkyl halides is 3.